The average Bonchev–Trinajstić information content (AvgIpc) is 2.19. The van der Waals surface area contributed by atoms with Crippen LogP contribution in [-0.4, -0.2) is 29.2 Å². The lowest BCUT2D eigenvalue weighted by Gasteiger charge is -2.30. The Hall–Kier alpha value is -0.0700. The van der Waals surface area contributed by atoms with E-state index in [-0.39, 0.29) is 17.4 Å². The van der Waals surface area contributed by atoms with Crippen LogP contribution in [0.2, 0.25) is 0 Å². The third kappa shape index (κ3) is 1.00. The lowest BCUT2D eigenvalue weighted by molar-refractivity contribution is 0.154. The molecule has 0 spiro atoms. The van der Waals surface area contributed by atoms with Gasteiger partial charge in [0, 0.05) is 11.3 Å². The molecule has 0 aromatic heterocycles. The lowest BCUT2D eigenvalue weighted by atomic mass is 10.1. The predicted molar refractivity (Wildman–Crippen MR) is 45.5 cm³/mol. The number of allylic oxidation sites excluding steroid dienone is 2. The molecule has 2 atom stereocenters. The molecule has 2 nitrogen and oxygen atoms in total. The fraction of sp³-hybridized carbons (Fsp3) is 0.750. The third-order valence-corrected chi connectivity index (χ3v) is 6.30. The molecule has 0 amide bonds. The topological polar surface area (TPSA) is 37.3 Å². The normalized spacial score (nSPS) is 54.9. The number of aliphatic hydroxyl groups excluding tert-OH is 1. The molecule has 2 unspecified atom stereocenters. The Morgan fingerprint density at radius 2 is 1.82 bits per heavy atom. The molecular weight excluding hydrogens is 159 g/mol. The average molecular weight is 172 g/mol. The van der Waals surface area contributed by atoms with Gasteiger partial charge in [-0.05, 0) is 19.5 Å². The SMILES string of the molecule is CP1(=O)C2C=CC1CC(O)C2. The fourth-order valence-electron chi connectivity index (χ4n) is 2.07. The van der Waals surface area contributed by atoms with Crippen molar-refractivity contribution in [1.82, 2.24) is 0 Å². The maximum Gasteiger partial charge on any atom is 0.0980 e. The summed E-state index contributed by atoms with van der Waals surface area (Å²) in [6.45, 7) is 1.87. The van der Waals surface area contributed by atoms with Crippen molar-refractivity contribution in [2.45, 2.75) is 30.3 Å². The molecule has 0 aromatic rings. The first-order valence-corrected chi connectivity index (χ1v) is 6.33. The van der Waals surface area contributed by atoms with Gasteiger partial charge >= 0.3 is 0 Å². The second kappa shape index (κ2) is 2.21. The Kier molecular flexibility index (Phi) is 1.52. The Morgan fingerprint density at radius 3 is 2.27 bits per heavy atom. The molecule has 2 aliphatic heterocycles. The molecule has 3 heteroatoms. The van der Waals surface area contributed by atoms with E-state index in [1.165, 1.54) is 0 Å². The van der Waals surface area contributed by atoms with Gasteiger partial charge < -0.3 is 9.67 Å². The number of rotatable bonds is 0. The summed E-state index contributed by atoms with van der Waals surface area (Å²) in [5.41, 5.74) is 0.354. The van der Waals surface area contributed by atoms with Crippen molar-refractivity contribution in [1.29, 1.82) is 0 Å². The minimum atomic E-state index is -1.97. The Balaban J connectivity index is 2.31. The highest BCUT2D eigenvalue weighted by Crippen LogP contribution is 2.62. The van der Waals surface area contributed by atoms with Gasteiger partial charge in [0.05, 0.1) is 13.2 Å². The predicted octanol–water partition coefficient (Wildman–Crippen LogP) is 1.44. The highest BCUT2D eigenvalue weighted by atomic mass is 31.2. The van der Waals surface area contributed by atoms with E-state index < -0.39 is 7.14 Å². The molecule has 0 aliphatic carbocycles. The summed E-state index contributed by atoms with van der Waals surface area (Å²) < 4.78 is 11.9. The van der Waals surface area contributed by atoms with Gasteiger partial charge in [-0.1, -0.05) is 12.2 Å². The van der Waals surface area contributed by atoms with E-state index in [9.17, 15) is 9.67 Å². The summed E-state index contributed by atoms with van der Waals surface area (Å²) in [6.07, 6.45) is 5.26. The van der Waals surface area contributed by atoms with Crippen molar-refractivity contribution >= 4 is 7.14 Å². The van der Waals surface area contributed by atoms with Crippen LogP contribution in [0.1, 0.15) is 12.8 Å². The first-order valence-electron chi connectivity index (χ1n) is 4.04. The van der Waals surface area contributed by atoms with Crippen LogP contribution in [0.25, 0.3) is 0 Å². The van der Waals surface area contributed by atoms with Crippen LogP contribution in [0.5, 0.6) is 0 Å². The van der Waals surface area contributed by atoms with Gasteiger partial charge in [0.15, 0.2) is 0 Å². The maximum absolute atomic E-state index is 11.9. The van der Waals surface area contributed by atoms with Crippen LogP contribution in [0.4, 0.5) is 0 Å². The number of fused-ring (bicyclic) bond motifs is 2. The lowest BCUT2D eigenvalue weighted by Crippen LogP contribution is -2.26. The van der Waals surface area contributed by atoms with E-state index in [4.69, 9.17) is 0 Å². The second-order valence-corrected chi connectivity index (χ2v) is 7.15. The van der Waals surface area contributed by atoms with Crippen LogP contribution in [0.3, 0.4) is 0 Å². The molecule has 2 heterocycles. The van der Waals surface area contributed by atoms with Crippen molar-refractivity contribution in [3.05, 3.63) is 12.2 Å². The highest BCUT2D eigenvalue weighted by molar-refractivity contribution is 7.65. The van der Waals surface area contributed by atoms with Crippen LogP contribution in [0.15, 0.2) is 12.2 Å². The van der Waals surface area contributed by atoms with Gasteiger partial charge in [-0.2, -0.15) is 0 Å². The molecule has 0 aromatic carbocycles. The minimum absolute atomic E-state index is 0.177. The highest BCUT2D eigenvalue weighted by Gasteiger charge is 2.43. The maximum atomic E-state index is 11.9. The largest absolute Gasteiger partial charge is 0.393 e. The third-order valence-electron chi connectivity index (χ3n) is 2.90. The van der Waals surface area contributed by atoms with E-state index in [0.29, 0.717) is 12.8 Å². The van der Waals surface area contributed by atoms with Crippen molar-refractivity contribution in [2.75, 3.05) is 6.66 Å². The Morgan fingerprint density at radius 1 is 1.36 bits per heavy atom. The summed E-state index contributed by atoms with van der Waals surface area (Å²) in [7, 11) is -1.97. The summed E-state index contributed by atoms with van der Waals surface area (Å²) in [4.78, 5) is 0. The monoisotopic (exact) mass is 172 g/mol. The summed E-state index contributed by atoms with van der Waals surface area (Å²) in [5, 5.41) is 9.36. The molecule has 0 radical (unpaired) electrons. The van der Waals surface area contributed by atoms with Crippen LogP contribution in [0, 0.1) is 0 Å². The standard InChI is InChI=1S/C8H13O2P/c1-11(10)7-2-3-8(11)5-6(9)4-7/h2-3,6-9H,4-5H2,1H3. The van der Waals surface area contributed by atoms with Gasteiger partial charge in [-0.15, -0.1) is 0 Å². The molecule has 0 saturated carbocycles. The van der Waals surface area contributed by atoms with Crippen LogP contribution >= 0.6 is 7.14 Å². The summed E-state index contributed by atoms with van der Waals surface area (Å²) in [5.74, 6) is 0. The van der Waals surface area contributed by atoms with Crippen molar-refractivity contribution in [3.8, 4) is 0 Å². The first kappa shape index (κ1) is 7.57. The van der Waals surface area contributed by atoms with Crippen LogP contribution in [-0.2, 0) is 4.57 Å². The number of aliphatic hydroxyl groups is 1. The number of hydrogen-bond acceptors (Lipinski definition) is 2. The van der Waals surface area contributed by atoms with E-state index in [1.807, 2.05) is 18.8 Å². The second-order valence-electron chi connectivity index (χ2n) is 3.70. The Bertz CT molecular complexity index is 226. The van der Waals surface area contributed by atoms with Crippen molar-refractivity contribution in [2.24, 2.45) is 0 Å². The Labute approximate surface area is 66.7 Å². The van der Waals surface area contributed by atoms with E-state index in [1.54, 1.807) is 0 Å². The van der Waals surface area contributed by atoms with Gasteiger partial charge in [-0.3, -0.25) is 0 Å². The zero-order valence-electron chi connectivity index (χ0n) is 6.60. The zero-order valence-corrected chi connectivity index (χ0v) is 7.50. The number of hydrogen-bond donors (Lipinski definition) is 1. The molecule has 62 valence electrons. The zero-order chi connectivity index (χ0) is 8.06. The smallest absolute Gasteiger partial charge is 0.0980 e. The molecule has 1 N–H and O–H groups in total. The summed E-state index contributed by atoms with van der Waals surface area (Å²) >= 11 is 0. The molecule has 11 heavy (non-hydrogen) atoms. The first-order chi connectivity index (χ1) is 5.10. The van der Waals surface area contributed by atoms with E-state index in [0.717, 1.165) is 0 Å². The van der Waals surface area contributed by atoms with Gasteiger partial charge in [0.2, 0.25) is 0 Å². The van der Waals surface area contributed by atoms with Gasteiger partial charge in [0.1, 0.15) is 0 Å². The molecule has 1 saturated heterocycles. The fourth-order valence-corrected chi connectivity index (χ4v) is 4.77. The molecule has 2 rings (SSSR count). The van der Waals surface area contributed by atoms with Gasteiger partial charge in [0.25, 0.3) is 0 Å². The molecular formula is C8H13O2P. The molecule has 1 fully saturated rings. The van der Waals surface area contributed by atoms with Crippen molar-refractivity contribution < 1.29 is 9.67 Å². The summed E-state index contributed by atoms with van der Waals surface area (Å²) in [6, 6.07) is 0. The molecule has 2 bridgehead atoms. The van der Waals surface area contributed by atoms with Crippen molar-refractivity contribution in [3.63, 3.8) is 0 Å². The quantitative estimate of drug-likeness (QED) is 0.443. The van der Waals surface area contributed by atoms with E-state index in [2.05, 4.69) is 0 Å². The molecule has 2 aliphatic rings. The van der Waals surface area contributed by atoms with E-state index >= 15 is 0 Å². The minimum Gasteiger partial charge on any atom is -0.393 e. The van der Waals surface area contributed by atoms with Gasteiger partial charge in [-0.25, -0.2) is 0 Å². The van der Waals surface area contributed by atoms with Crippen LogP contribution < -0.4 is 0 Å².